The number of carbonyl (C=O) groups excluding carboxylic acids is 1. The molecule has 2 N–H and O–H groups in total. The molecule has 0 radical (unpaired) electrons. The molecule has 0 spiro atoms. The maximum atomic E-state index is 12.7. The molecule has 0 saturated heterocycles. The second-order valence-corrected chi connectivity index (χ2v) is 18.5. The molecular formula is C56H91N2O6P. The number of phosphoric acid groups is 1. The summed E-state index contributed by atoms with van der Waals surface area (Å²) in [4.78, 5) is 25.1. The van der Waals surface area contributed by atoms with E-state index in [9.17, 15) is 19.4 Å². The summed E-state index contributed by atoms with van der Waals surface area (Å²) in [5, 5.41) is 13.6. The lowest BCUT2D eigenvalue weighted by atomic mass is 10.0. The van der Waals surface area contributed by atoms with Crippen LogP contribution in [-0.2, 0) is 18.4 Å². The van der Waals surface area contributed by atoms with E-state index in [1.807, 2.05) is 21.1 Å². The molecule has 9 heteroatoms. The maximum absolute atomic E-state index is 12.7. The number of aliphatic hydroxyl groups is 1. The molecule has 1 amide bonds. The minimum Gasteiger partial charge on any atom is -0.756 e. The first-order valence-corrected chi connectivity index (χ1v) is 26.1. The molecule has 0 aromatic heterocycles. The summed E-state index contributed by atoms with van der Waals surface area (Å²) in [5.74, 6) is -0.225. The summed E-state index contributed by atoms with van der Waals surface area (Å²) < 4.78 is 23.0. The monoisotopic (exact) mass is 919 g/mol. The first-order chi connectivity index (χ1) is 31.5. The molecule has 0 aromatic rings. The van der Waals surface area contributed by atoms with Crippen molar-refractivity contribution >= 4 is 13.7 Å². The normalized spacial score (nSPS) is 15.4. The molecule has 8 nitrogen and oxygen atoms in total. The predicted molar refractivity (Wildman–Crippen MR) is 278 cm³/mol. The van der Waals surface area contributed by atoms with E-state index < -0.39 is 20.0 Å². The SMILES string of the molecule is CC/C=C\C/C=C\C/C=C\C/C=C\C/C=C\C/C=C\C/C=C\C/C=C\C/C=C\C/C=C\C/C=C\C/C=C\CCCCC(=O)NC(COP(=O)([O-])OCC[N+](C)(C)C)C(O)CCCCCC. The number of quaternary nitrogens is 1. The van der Waals surface area contributed by atoms with Gasteiger partial charge in [-0.3, -0.25) is 9.36 Å². The highest BCUT2D eigenvalue weighted by Crippen LogP contribution is 2.38. The molecule has 0 saturated carbocycles. The minimum absolute atomic E-state index is 0.00619. The molecule has 0 fully saturated rings. The minimum atomic E-state index is -4.57. The topological polar surface area (TPSA) is 108 Å². The maximum Gasteiger partial charge on any atom is 0.268 e. The third kappa shape index (κ3) is 48.1. The Balaban J connectivity index is 4.06. The number of nitrogens with one attached hydrogen (secondary N) is 1. The predicted octanol–water partition coefficient (Wildman–Crippen LogP) is 13.9. The van der Waals surface area contributed by atoms with Crippen LogP contribution < -0.4 is 10.2 Å². The van der Waals surface area contributed by atoms with Gasteiger partial charge < -0.3 is 28.8 Å². The van der Waals surface area contributed by atoms with Gasteiger partial charge in [0.05, 0.1) is 39.9 Å². The Morgan fingerprint density at radius 2 is 0.938 bits per heavy atom. The number of phosphoric ester groups is 1. The zero-order valence-corrected chi connectivity index (χ0v) is 42.3. The van der Waals surface area contributed by atoms with Gasteiger partial charge in [0, 0.05) is 6.42 Å². The fourth-order valence-corrected chi connectivity index (χ4v) is 6.68. The van der Waals surface area contributed by atoms with E-state index >= 15 is 0 Å². The van der Waals surface area contributed by atoms with Crippen LogP contribution in [0.1, 0.15) is 149 Å². The zero-order valence-electron chi connectivity index (χ0n) is 41.4. The zero-order chi connectivity index (χ0) is 47.8. The van der Waals surface area contributed by atoms with Gasteiger partial charge in [-0.2, -0.15) is 0 Å². The number of amides is 1. The number of allylic oxidation sites excluding steroid dienone is 24. The first-order valence-electron chi connectivity index (χ1n) is 24.7. The number of unbranched alkanes of at least 4 members (excludes halogenated alkanes) is 5. The van der Waals surface area contributed by atoms with Crippen LogP contribution >= 0.6 is 7.82 Å². The summed E-state index contributed by atoms with van der Waals surface area (Å²) in [5.41, 5.74) is 0. The summed E-state index contributed by atoms with van der Waals surface area (Å²) >= 11 is 0. The second-order valence-electron chi connectivity index (χ2n) is 17.1. The lowest BCUT2D eigenvalue weighted by Gasteiger charge is -2.30. The van der Waals surface area contributed by atoms with Crippen molar-refractivity contribution in [3.63, 3.8) is 0 Å². The highest BCUT2D eigenvalue weighted by atomic mass is 31.2. The van der Waals surface area contributed by atoms with Crippen molar-refractivity contribution in [2.45, 2.75) is 161 Å². The van der Waals surface area contributed by atoms with Crippen molar-refractivity contribution in [3.8, 4) is 0 Å². The third-order valence-electron chi connectivity index (χ3n) is 9.84. The van der Waals surface area contributed by atoms with Crippen molar-refractivity contribution < 1.29 is 32.9 Å². The fourth-order valence-electron chi connectivity index (χ4n) is 5.96. The van der Waals surface area contributed by atoms with E-state index in [-0.39, 0.29) is 19.1 Å². The second kappa shape index (κ2) is 45.5. The number of nitrogens with zero attached hydrogens (tertiary/aromatic N) is 1. The van der Waals surface area contributed by atoms with Crippen LogP contribution in [0.15, 0.2) is 146 Å². The molecule has 0 aliphatic carbocycles. The van der Waals surface area contributed by atoms with Gasteiger partial charge in [-0.1, -0.05) is 185 Å². The van der Waals surface area contributed by atoms with Crippen LogP contribution in [0.3, 0.4) is 0 Å². The van der Waals surface area contributed by atoms with Crippen molar-refractivity contribution in [2.24, 2.45) is 0 Å². The smallest absolute Gasteiger partial charge is 0.268 e. The summed E-state index contributed by atoms with van der Waals surface area (Å²) in [6, 6.07) is -0.830. The molecule has 366 valence electrons. The molecule has 0 aromatic carbocycles. The Kier molecular flexibility index (Phi) is 43.0. The van der Waals surface area contributed by atoms with Crippen molar-refractivity contribution in [3.05, 3.63) is 146 Å². The third-order valence-corrected chi connectivity index (χ3v) is 10.8. The lowest BCUT2D eigenvalue weighted by Crippen LogP contribution is -2.46. The number of carbonyl (C=O) groups is 1. The Hall–Kier alpha value is -3.62. The van der Waals surface area contributed by atoms with Crippen LogP contribution in [-0.4, -0.2) is 68.5 Å². The van der Waals surface area contributed by atoms with Crippen LogP contribution in [0.4, 0.5) is 0 Å². The molecule has 0 rings (SSSR count). The van der Waals surface area contributed by atoms with Gasteiger partial charge in [0.2, 0.25) is 5.91 Å². The van der Waals surface area contributed by atoms with Crippen molar-refractivity contribution in [2.75, 3.05) is 40.9 Å². The molecule has 0 heterocycles. The van der Waals surface area contributed by atoms with Gasteiger partial charge in [0.1, 0.15) is 13.2 Å². The Morgan fingerprint density at radius 1 is 0.554 bits per heavy atom. The van der Waals surface area contributed by atoms with Crippen LogP contribution in [0.5, 0.6) is 0 Å². The summed E-state index contributed by atoms with van der Waals surface area (Å²) in [6.07, 6.45) is 70.9. The van der Waals surface area contributed by atoms with E-state index in [1.54, 1.807) is 0 Å². The Labute approximate surface area is 398 Å². The molecule has 3 atom stereocenters. The van der Waals surface area contributed by atoms with Gasteiger partial charge >= 0.3 is 0 Å². The first kappa shape index (κ1) is 61.4. The lowest BCUT2D eigenvalue weighted by molar-refractivity contribution is -0.870. The van der Waals surface area contributed by atoms with E-state index in [2.05, 4.69) is 165 Å². The number of rotatable bonds is 42. The average molecular weight is 919 g/mol. The van der Waals surface area contributed by atoms with Crippen LogP contribution in [0.25, 0.3) is 0 Å². The molecule has 65 heavy (non-hydrogen) atoms. The summed E-state index contributed by atoms with van der Waals surface area (Å²) in [7, 11) is 1.24. The van der Waals surface area contributed by atoms with Gasteiger partial charge in [0.25, 0.3) is 7.82 Å². The molecular weight excluding hydrogens is 828 g/mol. The highest BCUT2D eigenvalue weighted by molar-refractivity contribution is 7.45. The highest BCUT2D eigenvalue weighted by Gasteiger charge is 2.24. The average Bonchev–Trinajstić information content (AvgIpc) is 3.26. The molecule has 0 aliphatic rings. The van der Waals surface area contributed by atoms with Crippen LogP contribution in [0.2, 0.25) is 0 Å². The molecule has 0 bridgehead atoms. The number of likely N-dealkylation sites (N-methyl/N-ethyl adjacent to an activating group) is 1. The van der Waals surface area contributed by atoms with Crippen molar-refractivity contribution in [1.29, 1.82) is 0 Å². The number of hydrogen-bond acceptors (Lipinski definition) is 6. The Bertz CT molecular complexity index is 1560. The van der Waals surface area contributed by atoms with Crippen molar-refractivity contribution in [1.82, 2.24) is 5.32 Å². The van der Waals surface area contributed by atoms with E-state index in [0.29, 0.717) is 30.3 Å². The quantitative estimate of drug-likeness (QED) is 0.0273. The molecule has 3 unspecified atom stereocenters. The van der Waals surface area contributed by atoms with E-state index in [4.69, 9.17) is 9.05 Å². The largest absolute Gasteiger partial charge is 0.756 e. The summed E-state index contributed by atoms with van der Waals surface area (Å²) in [6.45, 7) is 4.40. The van der Waals surface area contributed by atoms with E-state index in [0.717, 1.165) is 116 Å². The van der Waals surface area contributed by atoms with Gasteiger partial charge in [-0.05, 0) is 103 Å². The number of aliphatic hydroxyl groups excluding tert-OH is 1. The standard InChI is InChI=1S/C56H91N2O6P/c1-6-8-10-12-13-14-15-16-17-18-19-20-21-22-23-24-25-26-27-28-29-30-31-32-33-34-35-36-37-38-39-40-41-42-43-44-45-46-48-50-56(60)57-54(55(59)49-47-11-9-7-2)53-64-65(61,62)63-52-51-58(3,4)5/h8,10,13-14,16-17,19-20,22-23,25-26,28-29,31-32,34-35,37-38,40-41,43-44,54-55,59H,6-7,9,11-12,15,18,21,24,27,30,33,36,39,42,45-53H2,1-5H3,(H-,57,60,61,62)/b10-8-,14-13-,17-16-,20-19-,23-22-,26-25-,29-28-,32-31-,35-34-,38-37-,41-40-,44-43-. The Morgan fingerprint density at radius 3 is 1.31 bits per heavy atom. The van der Waals surface area contributed by atoms with Gasteiger partial charge in [-0.25, -0.2) is 0 Å². The molecule has 0 aliphatic heterocycles. The van der Waals surface area contributed by atoms with E-state index in [1.165, 1.54) is 0 Å². The van der Waals surface area contributed by atoms with Crippen LogP contribution in [0, 0.1) is 0 Å². The number of hydrogen-bond donors (Lipinski definition) is 2. The van der Waals surface area contributed by atoms with Gasteiger partial charge in [-0.15, -0.1) is 0 Å². The van der Waals surface area contributed by atoms with Gasteiger partial charge in [0.15, 0.2) is 0 Å². The fraction of sp³-hybridized carbons (Fsp3) is 0.554.